The molecule has 0 saturated carbocycles. The van der Waals surface area contributed by atoms with Crippen molar-refractivity contribution in [2.45, 2.75) is 0 Å². The van der Waals surface area contributed by atoms with Crippen LogP contribution in [-0.4, -0.2) is 22.1 Å². The molecule has 3 N–H and O–H groups in total. The van der Waals surface area contributed by atoms with Gasteiger partial charge in [-0.05, 0) is 11.6 Å². The molecule has 0 saturated heterocycles. The van der Waals surface area contributed by atoms with Crippen LogP contribution in [0.5, 0.6) is 5.75 Å². The van der Waals surface area contributed by atoms with E-state index >= 15 is 0 Å². The number of nitrogens with zero attached hydrogens (tertiary/aromatic N) is 3. The van der Waals surface area contributed by atoms with E-state index in [1.54, 1.807) is 61.2 Å². The van der Waals surface area contributed by atoms with Crippen molar-refractivity contribution < 1.29 is 42.2 Å². The molecule has 9 nitrogen and oxygen atoms in total. The van der Waals surface area contributed by atoms with E-state index in [1.807, 2.05) is 0 Å². The molecule has 2 aromatic carbocycles. The number of anilines is 1. The van der Waals surface area contributed by atoms with Gasteiger partial charge in [-0.2, -0.15) is 10.2 Å². The first kappa shape index (κ1) is 26.2. The van der Waals surface area contributed by atoms with E-state index in [0.29, 0.717) is 11.3 Å². The summed E-state index contributed by atoms with van der Waals surface area (Å²) in [4.78, 5) is 6.42. The third kappa shape index (κ3) is 8.77. The fourth-order valence-corrected chi connectivity index (χ4v) is 1.69. The predicted molar refractivity (Wildman–Crippen MR) is 90.8 cm³/mol. The number of imidazole rings is 1. The zero-order valence-electron chi connectivity index (χ0n) is 13.9. The van der Waals surface area contributed by atoms with Gasteiger partial charge in [0.1, 0.15) is 0 Å². The Labute approximate surface area is 170 Å². The maximum Gasteiger partial charge on any atom is 0.0919 e. The number of hydrogen-bond acceptors (Lipinski definition) is 6. The Kier molecular flexibility index (Phi) is 13.8. The van der Waals surface area contributed by atoms with Crippen molar-refractivity contribution >= 4 is 17.8 Å². The first-order chi connectivity index (χ1) is 11.7. The molecule has 0 radical (unpaired) electrons. The van der Waals surface area contributed by atoms with Gasteiger partial charge in [0.05, 0.1) is 12.5 Å². The number of para-hydroxylation sites is 2. The fourth-order valence-electron chi connectivity index (χ4n) is 1.69. The summed E-state index contributed by atoms with van der Waals surface area (Å²) in [6.45, 7) is 0. The number of hydrogen-bond donors (Lipinski definition) is 2. The van der Waals surface area contributed by atoms with Gasteiger partial charge < -0.3 is 31.9 Å². The summed E-state index contributed by atoms with van der Waals surface area (Å²) >= 11 is 0. The molecule has 0 aliphatic carbocycles. The summed E-state index contributed by atoms with van der Waals surface area (Å²) in [5, 5.41) is 30.2. The van der Waals surface area contributed by atoms with Gasteiger partial charge in [-0.3, -0.25) is 0 Å². The smallest absolute Gasteiger partial charge is 0.0919 e. The van der Waals surface area contributed by atoms with Crippen LogP contribution in [0.25, 0.3) is 0 Å². The van der Waals surface area contributed by atoms with E-state index in [0.717, 1.165) is 0 Å². The van der Waals surface area contributed by atoms with E-state index < -0.39 is 5.90 Å². The molecule has 1 aromatic heterocycles. The van der Waals surface area contributed by atoms with E-state index in [1.165, 1.54) is 12.3 Å². The molecule has 0 bridgehead atoms. The molecule has 0 unspecified atom stereocenters. The number of aromatic nitrogens is 2. The minimum Gasteiger partial charge on any atom is -2.00 e. The molecule has 0 fully saturated rings. The number of nitrogens with one attached hydrogen (secondary N) is 1. The van der Waals surface area contributed by atoms with E-state index in [4.69, 9.17) is 5.73 Å². The third-order valence-electron chi connectivity index (χ3n) is 2.86. The van der Waals surface area contributed by atoms with Gasteiger partial charge in [-0.25, -0.2) is 4.98 Å². The Hall–Kier alpha value is -3.00. The molecular weight excluding hydrogens is 434 g/mol. The van der Waals surface area contributed by atoms with Crippen LogP contribution in [0.1, 0.15) is 11.1 Å². The molecule has 0 atom stereocenters. The van der Waals surface area contributed by atoms with Gasteiger partial charge in [0.15, 0.2) is 0 Å². The van der Waals surface area contributed by atoms with E-state index in [9.17, 15) is 10.2 Å². The Morgan fingerprint density at radius 1 is 1.07 bits per heavy atom. The first-order valence-electron chi connectivity index (χ1n) is 7.00. The second-order valence-corrected chi connectivity index (χ2v) is 4.54. The molecule has 0 aliphatic heterocycles. The van der Waals surface area contributed by atoms with Crippen LogP contribution in [0.4, 0.5) is 5.69 Å². The number of nitrogen functional groups attached to an aromatic ring is 1. The van der Waals surface area contributed by atoms with Crippen molar-refractivity contribution in [3.63, 3.8) is 0 Å². The minimum absolute atomic E-state index is 0. The van der Waals surface area contributed by atoms with Crippen molar-refractivity contribution in [2.75, 3.05) is 5.73 Å². The molecule has 0 aliphatic rings. The standard InChI is InChI=1S/C14H13N3O2.C3H4N2.Mo.2O/c15-12-7-3-2-6-11(12)14(19)17-16-9-10-5-1-4-8-13(10)18;1-2-5-3-4-1;;;/h1-9,18H,15H2,(H,17,19);1-3H,(H,4,5);;;/q;;;2*-2/p-2/b16-9+;;;;. The predicted octanol–water partition coefficient (Wildman–Crippen LogP) is 0.653. The summed E-state index contributed by atoms with van der Waals surface area (Å²) < 4.78 is 0. The second-order valence-electron chi connectivity index (χ2n) is 4.54. The molecule has 10 heteroatoms. The second kappa shape index (κ2) is 14.2. The van der Waals surface area contributed by atoms with Crippen molar-refractivity contribution in [3.8, 4) is 5.75 Å². The summed E-state index contributed by atoms with van der Waals surface area (Å²) in [6, 6.07) is 12.9. The van der Waals surface area contributed by atoms with Gasteiger partial charge in [0.2, 0.25) is 0 Å². The molecule has 1 heterocycles. The number of H-pyrrole nitrogens is 1. The van der Waals surface area contributed by atoms with Crippen LogP contribution >= 0.6 is 0 Å². The zero-order chi connectivity index (χ0) is 17.2. The Balaban J connectivity index is 0. The van der Waals surface area contributed by atoms with Gasteiger partial charge in [-0.15, -0.1) is 0 Å². The Morgan fingerprint density at radius 3 is 2.30 bits per heavy atom. The molecule has 144 valence electrons. The van der Waals surface area contributed by atoms with Crippen molar-refractivity contribution in [3.05, 3.63) is 78.4 Å². The minimum atomic E-state index is -0.544. The molecule has 27 heavy (non-hydrogen) atoms. The fraction of sp³-hybridized carbons (Fsp3) is 0. The summed E-state index contributed by atoms with van der Waals surface area (Å²) in [7, 11) is 0. The topological polar surface area (TPSA) is 183 Å². The van der Waals surface area contributed by atoms with Crippen LogP contribution in [0.15, 0.2) is 77.5 Å². The maximum absolute atomic E-state index is 11.7. The number of benzene rings is 2. The largest absolute Gasteiger partial charge is 2.00 e. The monoisotopic (exact) mass is 451 g/mol. The van der Waals surface area contributed by atoms with Gasteiger partial charge in [0.25, 0.3) is 0 Å². The van der Waals surface area contributed by atoms with Crippen LogP contribution in [0.3, 0.4) is 0 Å². The number of nitrogens with two attached hydrogens (primary N) is 1. The van der Waals surface area contributed by atoms with Gasteiger partial charge >= 0.3 is 0 Å². The Bertz CT molecular complexity index is 808. The van der Waals surface area contributed by atoms with Crippen molar-refractivity contribution in [1.29, 1.82) is 0 Å². The molecule has 3 rings (SSSR count). The van der Waals surface area contributed by atoms with Gasteiger partial charge in [-0.1, -0.05) is 48.2 Å². The zero-order valence-corrected chi connectivity index (χ0v) is 15.9. The SMILES string of the molecule is Nc1ccccc1/C([O-])=N/N=C/c1ccccc1[O-].[Mo].[O-2].[O-2].c1c[nH]cn1. The normalized spacial score (nSPS) is 9.85. The first-order valence-corrected chi connectivity index (χ1v) is 7.00. The Morgan fingerprint density at radius 2 is 1.74 bits per heavy atom. The summed E-state index contributed by atoms with van der Waals surface area (Å²) in [5.41, 5.74) is 6.65. The molecule has 0 amide bonds. The van der Waals surface area contributed by atoms with Crippen LogP contribution < -0.4 is 15.9 Å². The summed E-state index contributed by atoms with van der Waals surface area (Å²) in [5.74, 6) is -0.717. The van der Waals surface area contributed by atoms with E-state index in [2.05, 4.69) is 20.2 Å². The van der Waals surface area contributed by atoms with Gasteiger partial charge in [0, 0.05) is 50.6 Å². The molecule has 0 spiro atoms. The third-order valence-corrected chi connectivity index (χ3v) is 2.86. The summed E-state index contributed by atoms with van der Waals surface area (Å²) in [6.07, 6.45) is 6.33. The van der Waals surface area contributed by atoms with Crippen molar-refractivity contribution in [2.24, 2.45) is 10.2 Å². The molecule has 3 aromatic rings. The number of aromatic amines is 1. The van der Waals surface area contributed by atoms with Crippen LogP contribution in [-0.2, 0) is 32.0 Å². The average molecular weight is 449 g/mol. The molecular formula is C17H15MoN5O4-6. The van der Waals surface area contributed by atoms with Crippen LogP contribution in [0.2, 0.25) is 0 Å². The van der Waals surface area contributed by atoms with E-state index in [-0.39, 0.29) is 43.3 Å². The number of rotatable bonds is 3. The van der Waals surface area contributed by atoms with Crippen molar-refractivity contribution in [1.82, 2.24) is 9.97 Å². The quantitative estimate of drug-likeness (QED) is 0.196. The maximum atomic E-state index is 11.7. The average Bonchev–Trinajstić information content (AvgIpc) is 3.17. The van der Waals surface area contributed by atoms with Crippen LogP contribution in [0, 0.1) is 0 Å².